The Hall–Kier alpha value is -3.02. The number of carbonyl (C=O) groups is 1. The van der Waals surface area contributed by atoms with Crippen LogP contribution in [0.4, 0.5) is 8.78 Å². The molecule has 0 fully saturated rings. The van der Waals surface area contributed by atoms with Gasteiger partial charge in [-0.05, 0) is 35.2 Å². The molecular formula is C20H19F2N3O. The van der Waals surface area contributed by atoms with Gasteiger partial charge in [-0.2, -0.15) is 0 Å². The van der Waals surface area contributed by atoms with Crippen LogP contribution in [0.25, 0.3) is 0 Å². The molecule has 0 saturated carbocycles. The smallest absolute Gasteiger partial charge is 0.220 e. The van der Waals surface area contributed by atoms with Gasteiger partial charge in [0.2, 0.25) is 5.91 Å². The molecule has 0 aliphatic rings. The highest BCUT2D eigenvalue weighted by Crippen LogP contribution is 2.11. The fourth-order valence-corrected chi connectivity index (χ4v) is 2.67. The minimum Gasteiger partial charge on any atom is -0.352 e. The number of nitrogens with one attached hydrogen (secondary N) is 1. The topological polar surface area (TPSA) is 46.9 Å². The minimum absolute atomic E-state index is 0.130. The molecule has 0 spiro atoms. The Morgan fingerprint density at radius 1 is 1.04 bits per heavy atom. The van der Waals surface area contributed by atoms with Crippen LogP contribution in [-0.4, -0.2) is 15.5 Å². The Morgan fingerprint density at radius 2 is 1.88 bits per heavy atom. The van der Waals surface area contributed by atoms with Crippen molar-refractivity contribution in [2.45, 2.75) is 25.9 Å². The van der Waals surface area contributed by atoms with Gasteiger partial charge in [0, 0.05) is 31.9 Å². The monoisotopic (exact) mass is 355 g/mol. The van der Waals surface area contributed by atoms with Gasteiger partial charge in [-0.1, -0.05) is 30.3 Å². The third-order valence-electron chi connectivity index (χ3n) is 4.03. The van der Waals surface area contributed by atoms with E-state index in [2.05, 4.69) is 10.3 Å². The second kappa shape index (κ2) is 8.38. The highest BCUT2D eigenvalue weighted by Gasteiger charge is 2.06. The molecule has 3 aromatic rings. The molecule has 2 aromatic carbocycles. The number of nitrogens with zero attached hydrogens (tertiary/aromatic N) is 2. The van der Waals surface area contributed by atoms with E-state index in [9.17, 15) is 13.6 Å². The zero-order valence-electron chi connectivity index (χ0n) is 14.2. The second-order valence-corrected chi connectivity index (χ2v) is 6.08. The van der Waals surface area contributed by atoms with Crippen molar-refractivity contribution in [3.63, 3.8) is 0 Å². The van der Waals surface area contributed by atoms with E-state index in [1.165, 1.54) is 6.07 Å². The molecule has 3 rings (SSSR count). The number of benzene rings is 2. The molecule has 0 aliphatic heterocycles. The van der Waals surface area contributed by atoms with E-state index in [1.54, 1.807) is 12.5 Å². The number of rotatable bonds is 7. The number of hydrogen-bond donors (Lipinski definition) is 1. The summed E-state index contributed by atoms with van der Waals surface area (Å²) in [6.07, 6.45) is 5.97. The molecule has 0 aliphatic carbocycles. The first-order chi connectivity index (χ1) is 12.6. The summed E-state index contributed by atoms with van der Waals surface area (Å²) in [4.78, 5) is 16.0. The Balaban J connectivity index is 1.48. The van der Waals surface area contributed by atoms with Crippen LogP contribution in [0.3, 0.4) is 0 Å². The Kier molecular flexibility index (Phi) is 5.73. The van der Waals surface area contributed by atoms with Crippen molar-refractivity contribution >= 4 is 5.91 Å². The molecule has 1 N–H and O–H groups in total. The fourth-order valence-electron chi connectivity index (χ4n) is 2.67. The molecule has 6 heteroatoms. The lowest BCUT2D eigenvalue weighted by Crippen LogP contribution is -2.23. The molecule has 26 heavy (non-hydrogen) atoms. The van der Waals surface area contributed by atoms with Crippen molar-refractivity contribution in [2.75, 3.05) is 0 Å². The summed E-state index contributed by atoms with van der Waals surface area (Å²) in [6.45, 7) is 1.15. The Bertz CT molecular complexity index is 879. The largest absolute Gasteiger partial charge is 0.352 e. The van der Waals surface area contributed by atoms with Gasteiger partial charge in [-0.3, -0.25) is 4.79 Å². The predicted octanol–water partition coefficient (Wildman–Crippen LogP) is 3.46. The molecule has 1 aromatic heterocycles. The number of amides is 1. The van der Waals surface area contributed by atoms with Crippen molar-refractivity contribution in [2.24, 2.45) is 0 Å². The average molecular weight is 355 g/mol. The van der Waals surface area contributed by atoms with E-state index in [4.69, 9.17) is 0 Å². The maximum absolute atomic E-state index is 13.2. The SMILES string of the molecule is O=C(CCc1ccc(F)c(F)c1)NCc1cccc(Cn2ccnc2)c1. The van der Waals surface area contributed by atoms with Crippen LogP contribution in [0, 0.1) is 11.6 Å². The van der Waals surface area contributed by atoms with Crippen LogP contribution >= 0.6 is 0 Å². The van der Waals surface area contributed by atoms with E-state index in [0.717, 1.165) is 29.8 Å². The quantitative estimate of drug-likeness (QED) is 0.706. The van der Waals surface area contributed by atoms with E-state index < -0.39 is 11.6 Å². The predicted molar refractivity (Wildman–Crippen MR) is 94.3 cm³/mol. The number of aryl methyl sites for hydroxylation is 1. The van der Waals surface area contributed by atoms with Crippen LogP contribution in [0.5, 0.6) is 0 Å². The van der Waals surface area contributed by atoms with Crippen LogP contribution in [0.2, 0.25) is 0 Å². The van der Waals surface area contributed by atoms with Gasteiger partial charge in [-0.25, -0.2) is 13.8 Å². The van der Waals surface area contributed by atoms with E-state index in [1.807, 2.05) is 35.0 Å². The van der Waals surface area contributed by atoms with Crippen LogP contribution in [-0.2, 0) is 24.3 Å². The Labute approximate surface area is 150 Å². The van der Waals surface area contributed by atoms with Gasteiger partial charge in [-0.15, -0.1) is 0 Å². The van der Waals surface area contributed by atoms with Gasteiger partial charge in [0.15, 0.2) is 11.6 Å². The molecule has 4 nitrogen and oxygen atoms in total. The summed E-state index contributed by atoms with van der Waals surface area (Å²) >= 11 is 0. The standard InChI is InChI=1S/C20H19F2N3O/c21-18-6-4-15(11-19(18)22)5-7-20(26)24-12-16-2-1-3-17(10-16)13-25-9-8-23-14-25/h1-4,6,8-11,14H,5,7,12-13H2,(H,24,26). The summed E-state index contributed by atoms with van der Waals surface area (Å²) in [6, 6.07) is 11.7. The van der Waals surface area contributed by atoms with Gasteiger partial charge >= 0.3 is 0 Å². The van der Waals surface area contributed by atoms with Crippen molar-refractivity contribution in [1.82, 2.24) is 14.9 Å². The number of carbonyl (C=O) groups excluding carboxylic acids is 1. The number of aromatic nitrogens is 2. The van der Waals surface area contributed by atoms with Gasteiger partial charge < -0.3 is 9.88 Å². The van der Waals surface area contributed by atoms with Crippen LogP contribution in [0.15, 0.2) is 61.2 Å². The number of hydrogen-bond acceptors (Lipinski definition) is 2. The second-order valence-electron chi connectivity index (χ2n) is 6.08. The maximum atomic E-state index is 13.2. The van der Waals surface area contributed by atoms with Gasteiger partial charge in [0.1, 0.15) is 0 Å². The van der Waals surface area contributed by atoms with Crippen molar-refractivity contribution in [3.05, 3.63) is 89.5 Å². The zero-order chi connectivity index (χ0) is 18.4. The van der Waals surface area contributed by atoms with E-state index >= 15 is 0 Å². The molecule has 0 radical (unpaired) electrons. The fraction of sp³-hybridized carbons (Fsp3) is 0.200. The van der Waals surface area contributed by atoms with Gasteiger partial charge in [0.05, 0.1) is 6.33 Å². The molecule has 0 atom stereocenters. The lowest BCUT2D eigenvalue weighted by atomic mass is 10.1. The molecule has 0 saturated heterocycles. The van der Waals surface area contributed by atoms with Crippen LogP contribution in [0.1, 0.15) is 23.1 Å². The van der Waals surface area contributed by atoms with Gasteiger partial charge in [0.25, 0.3) is 0 Å². The van der Waals surface area contributed by atoms with E-state index in [0.29, 0.717) is 18.5 Å². The summed E-state index contributed by atoms with van der Waals surface area (Å²) in [5, 5.41) is 2.86. The van der Waals surface area contributed by atoms with Crippen molar-refractivity contribution in [3.8, 4) is 0 Å². The van der Waals surface area contributed by atoms with E-state index in [-0.39, 0.29) is 12.3 Å². The molecule has 1 amide bonds. The van der Waals surface area contributed by atoms with Crippen molar-refractivity contribution < 1.29 is 13.6 Å². The summed E-state index contributed by atoms with van der Waals surface area (Å²) in [5.41, 5.74) is 2.72. The first kappa shape index (κ1) is 17.8. The Morgan fingerprint density at radius 3 is 2.65 bits per heavy atom. The lowest BCUT2D eigenvalue weighted by Gasteiger charge is -2.08. The summed E-state index contributed by atoms with van der Waals surface area (Å²) in [5.74, 6) is -1.90. The summed E-state index contributed by atoms with van der Waals surface area (Å²) < 4.78 is 28.0. The normalized spacial score (nSPS) is 10.7. The number of halogens is 2. The third-order valence-corrected chi connectivity index (χ3v) is 4.03. The van der Waals surface area contributed by atoms with Crippen molar-refractivity contribution in [1.29, 1.82) is 0 Å². The first-order valence-corrected chi connectivity index (χ1v) is 8.34. The lowest BCUT2D eigenvalue weighted by molar-refractivity contribution is -0.121. The average Bonchev–Trinajstić information content (AvgIpc) is 3.14. The molecule has 1 heterocycles. The maximum Gasteiger partial charge on any atom is 0.220 e. The highest BCUT2D eigenvalue weighted by molar-refractivity contribution is 5.76. The van der Waals surface area contributed by atoms with Crippen LogP contribution < -0.4 is 5.32 Å². The molecule has 0 unspecified atom stereocenters. The molecule has 0 bridgehead atoms. The zero-order valence-corrected chi connectivity index (χ0v) is 14.2. The molecular weight excluding hydrogens is 336 g/mol. The summed E-state index contributed by atoms with van der Waals surface area (Å²) in [7, 11) is 0. The third kappa shape index (κ3) is 4.99. The molecule has 134 valence electrons. The highest BCUT2D eigenvalue weighted by atomic mass is 19.2. The number of imidazole rings is 1. The minimum atomic E-state index is -0.891. The first-order valence-electron chi connectivity index (χ1n) is 8.34.